The van der Waals surface area contributed by atoms with Crippen LogP contribution < -0.4 is 26.6 Å². The van der Waals surface area contributed by atoms with Crippen LogP contribution in [0.15, 0.2) is 60.7 Å². The first-order valence-corrected chi connectivity index (χ1v) is 27.1. The summed E-state index contributed by atoms with van der Waals surface area (Å²) in [5.41, 5.74) is 1.39. The van der Waals surface area contributed by atoms with E-state index in [-0.39, 0.29) is 148 Å². The second kappa shape index (κ2) is 39.3. The lowest BCUT2D eigenvalue weighted by molar-refractivity contribution is -0.141. The third-order valence-electron chi connectivity index (χ3n) is 13.2. The molecule has 0 aliphatic carbocycles. The van der Waals surface area contributed by atoms with Crippen molar-refractivity contribution in [3.05, 3.63) is 71.8 Å². The van der Waals surface area contributed by atoms with E-state index < -0.39 is 103 Å². The quantitative estimate of drug-likeness (QED) is 0.0180. The highest BCUT2D eigenvalue weighted by Crippen LogP contribution is 2.18. The molecule has 4 amide bonds. The molecule has 28 nitrogen and oxygen atoms in total. The minimum absolute atomic E-state index is 0.00945. The van der Waals surface area contributed by atoms with Gasteiger partial charge in [-0.25, -0.2) is 9.59 Å². The van der Waals surface area contributed by atoms with Crippen LogP contribution in [0.5, 0.6) is 0 Å². The number of nitrogens with zero attached hydrogens (tertiary/aromatic N) is 3. The summed E-state index contributed by atoms with van der Waals surface area (Å²) in [6.07, 6.45) is -4.95. The molecule has 28 heteroatoms. The molecule has 0 radical (unpaired) electrons. The second-order valence-electron chi connectivity index (χ2n) is 19.8. The van der Waals surface area contributed by atoms with Gasteiger partial charge in [0.1, 0.15) is 30.4 Å². The van der Waals surface area contributed by atoms with Crippen LogP contribution in [-0.4, -0.2) is 216 Å². The summed E-state index contributed by atoms with van der Waals surface area (Å²) < 4.78 is 14.9. The molecule has 6 atom stereocenters. The van der Waals surface area contributed by atoms with Crippen molar-refractivity contribution in [2.45, 2.75) is 114 Å². The Morgan fingerprint density at radius 1 is 0.614 bits per heavy atom. The Bertz CT molecular complexity index is 2440. The normalized spacial score (nSPS) is 16.2. The summed E-state index contributed by atoms with van der Waals surface area (Å²) in [5, 5.41) is 50.6. The van der Waals surface area contributed by atoms with E-state index in [0.29, 0.717) is 25.1 Å². The molecule has 83 heavy (non-hydrogen) atoms. The standard InChI is InChI=1S/C55H76N8O20/c64-35-81-34-62-21-20-56-41(29-51(73)74)31-63(33-52(75)76)25-23-61(22-24-62)32-43(68)28-40(26-38-8-3-1-4-9-38)53(77)58-46(27-39-10-5-2-6-11-39)47(69)30-44(82-36-65)14-16-48(70)57-19-7-12-42(67)13-15-45(54(78)79)59-55(80)60-49(83-37-66)17-18-50(71)72/h1-6,8-11,35-37,40-41,44-46,49,56H,7,12-34H2,(H,57,70)(H,58,77)(H,71,72)(H,73,74)(H,75,76)(H,78,79)(H2,59,60,80)/t40?,41?,44-,45-,46?,49+/m0/s1. The molecule has 3 rings (SSSR count). The first kappa shape index (κ1) is 69.1. The van der Waals surface area contributed by atoms with Gasteiger partial charge in [-0.2, -0.15) is 0 Å². The molecule has 0 spiro atoms. The van der Waals surface area contributed by atoms with Crippen LogP contribution in [0.3, 0.4) is 0 Å². The van der Waals surface area contributed by atoms with Crippen LogP contribution in [-0.2, 0) is 84.6 Å². The van der Waals surface area contributed by atoms with E-state index >= 15 is 0 Å². The Balaban J connectivity index is 1.68. The fourth-order valence-corrected chi connectivity index (χ4v) is 9.01. The lowest BCUT2D eigenvalue weighted by atomic mass is 9.91. The Morgan fingerprint density at radius 2 is 1.27 bits per heavy atom. The topological polar surface area (TPSA) is 400 Å². The maximum absolute atomic E-state index is 14.5. The van der Waals surface area contributed by atoms with Crippen molar-refractivity contribution in [2.75, 3.05) is 72.2 Å². The molecule has 0 aromatic heterocycles. The van der Waals surface area contributed by atoms with Crippen LogP contribution in [0.2, 0.25) is 0 Å². The molecule has 456 valence electrons. The van der Waals surface area contributed by atoms with Crippen LogP contribution in [0, 0.1) is 5.92 Å². The number of benzene rings is 2. The fourth-order valence-electron chi connectivity index (χ4n) is 9.01. The summed E-state index contributed by atoms with van der Waals surface area (Å²) in [7, 11) is 0. The van der Waals surface area contributed by atoms with Gasteiger partial charge in [-0.3, -0.25) is 67.4 Å². The number of hydrogen-bond donors (Lipinski definition) is 9. The summed E-state index contributed by atoms with van der Waals surface area (Å²) in [6, 6.07) is 13.3. The molecule has 1 heterocycles. The highest BCUT2D eigenvalue weighted by Gasteiger charge is 2.31. The maximum atomic E-state index is 14.5. The van der Waals surface area contributed by atoms with E-state index in [1.807, 2.05) is 0 Å². The van der Waals surface area contributed by atoms with Crippen LogP contribution in [0.25, 0.3) is 0 Å². The average molecular weight is 1170 g/mol. The van der Waals surface area contributed by atoms with Crippen molar-refractivity contribution in [1.82, 2.24) is 41.3 Å². The molecule has 1 aliphatic heterocycles. The van der Waals surface area contributed by atoms with Gasteiger partial charge in [0, 0.05) is 103 Å². The number of carbonyl (C=O) groups excluding carboxylic acids is 9. The number of urea groups is 1. The van der Waals surface area contributed by atoms with Gasteiger partial charge >= 0.3 is 29.9 Å². The molecule has 9 N–H and O–H groups in total. The number of aliphatic carboxylic acids is 4. The van der Waals surface area contributed by atoms with Gasteiger partial charge in [-0.1, -0.05) is 60.7 Å². The van der Waals surface area contributed by atoms with Gasteiger partial charge in [0.25, 0.3) is 19.4 Å². The van der Waals surface area contributed by atoms with E-state index in [9.17, 15) is 77.6 Å². The van der Waals surface area contributed by atoms with Crippen molar-refractivity contribution >= 4 is 78.5 Å². The molecule has 1 fully saturated rings. The molecule has 3 unspecified atom stereocenters. The number of carbonyl (C=O) groups is 13. The SMILES string of the molecule is O=COCN1CCNC(CC(=O)O)CN(CC(=O)O)CCN(CC(=O)CC(Cc2ccccc2)C(=O)NC(Cc2ccccc2)C(=O)C[C@H](CCC(=O)NCCCC(=O)CC[C@H](NC(=O)N[C@@H](CCC(=O)O)OC=O)C(=O)O)OC=O)CC1. The highest BCUT2D eigenvalue weighted by atomic mass is 16.5. The lowest BCUT2D eigenvalue weighted by Gasteiger charge is -2.32. The largest absolute Gasteiger partial charge is 0.481 e. The van der Waals surface area contributed by atoms with E-state index in [1.54, 1.807) is 75.4 Å². The first-order chi connectivity index (χ1) is 39.8. The minimum atomic E-state index is -1.53. The maximum Gasteiger partial charge on any atom is 0.326 e. The molecule has 2 aromatic carbocycles. The summed E-state index contributed by atoms with van der Waals surface area (Å²) in [6.45, 7) is 1.30. The van der Waals surface area contributed by atoms with E-state index in [0.717, 1.165) is 5.56 Å². The zero-order chi connectivity index (χ0) is 60.9. The van der Waals surface area contributed by atoms with Crippen molar-refractivity contribution < 1.29 is 97.0 Å². The monoisotopic (exact) mass is 1170 g/mol. The lowest BCUT2D eigenvalue weighted by Crippen LogP contribution is -2.51. The Labute approximate surface area is 479 Å². The minimum Gasteiger partial charge on any atom is -0.481 e. The Hall–Kier alpha value is -8.21. The zero-order valence-corrected chi connectivity index (χ0v) is 46.1. The number of carboxylic acids is 4. The number of amides is 4. The number of Topliss-reactive ketones (excluding diaryl/α,β-unsaturated/α-hetero) is 3. The number of nitrogens with one attached hydrogen (secondary N) is 5. The molecular formula is C55H76N8O20. The van der Waals surface area contributed by atoms with Crippen LogP contribution in [0.4, 0.5) is 4.79 Å². The van der Waals surface area contributed by atoms with Crippen LogP contribution in [0.1, 0.15) is 81.8 Å². The average Bonchev–Trinajstić information content (AvgIpc) is 3.44. The van der Waals surface area contributed by atoms with Crippen molar-refractivity contribution in [3.8, 4) is 0 Å². The predicted octanol–water partition coefficient (Wildman–Crippen LogP) is -0.257. The van der Waals surface area contributed by atoms with E-state index in [4.69, 9.17) is 14.6 Å². The molecular weight excluding hydrogens is 1090 g/mol. The smallest absolute Gasteiger partial charge is 0.326 e. The molecule has 2 aromatic rings. The molecule has 1 saturated heterocycles. The first-order valence-electron chi connectivity index (χ1n) is 27.1. The summed E-state index contributed by atoms with van der Waals surface area (Å²) in [5.74, 6) is -8.33. The van der Waals surface area contributed by atoms with Gasteiger partial charge < -0.3 is 61.2 Å². The summed E-state index contributed by atoms with van der Waals surface area (Å²) in [4.78, 5) is 166. The highest BCUT2D eigenvalue weighted by molar-refractivity contribution is 5.93. The number of carboxylic acid groups (broad SMARTS) is 4. The van der Waals surface area contributed by atoms with Crippen molar-refractivity contribution in [2.24, 2.45) is 5.92 Å². The number of ketones is 3. The van der Waals surface area contributed by atoms with Gasteiger partial charge in [0.05, 0.1) is 32.0 Å². The molecule has 0 bridgehead atoms. The third-order valence-corrected chi connectivity index (χ3v) is 13.2. The summed E-state index contributed by atoms with van der Waals surface area (Å²) >= 11 is 0. The van der Waals surface area contributed by atoms with Crippen molar-refractivity contribution in [3.63, 3.8) is 0 Å². The van der Waals surface area contributed by atoms with Crippen molar-refractivity contribution in [1.29, 1.82) is 0 Å². The Kier molecular flexibility index (Phi) is 32.7. The zero-order valence-electron chi connectivity index (χ0n) is 46.1. The van der Waals surface area contributed by atoms with Gasteiger partial charge in [-0.15, -0.1) is 0 Å². The van der Waals surface area contributed by atoms with Gasteiger partial charge in [0.15, 0.2) is 12.0 Å². The molecule has 1 aliphatic rings. The third kappa shape index (κ3) is 30.4. The number of ether oxygens (including phenoxy) is 3. The van der Waals surface area contributed by atoms with E-state index in [2.05, 4.69) is 31.3 Å². The van der Waals surface area contributed by atoms with Gasteiger partial charge in [-0.05, 0) is 43.2 Å². The number of hydrogen-bond acceptors (Lipinski definition) is 20. The Morgan fingerprint density at radius 3 is 1.88 bits per heavy atom. The molecule has 0 saturated carbocycles. The predicted molar refractivity (Wildman–Crippen MR) is 291 cm³/mol. The fraction of sp³-hybridized carbons (Fsp3) is 0.545. The van der Waals surface area contributed by atoms with E-state index in [1.165, 1.54) is 0 Å². The number of rotatable bonds is 40. The van der Waals surface area contributed by atoms with Gasteiger partial charge in [0.2, 0.25) is 11.8 Å². The second-order valence-corrected chi connectivity index (χ2v) is 19.8. The van der Waals surface area contributed by atoms with Crippen LogP contribution >= 0.6 is 0 Å².